The largest absolute Gasteiger partial charge is 0.469 e. The van der Waals surface area contributed by atoms with Crippen molar-refractivity contribution in [1.82, 2.24) is 9.97 Å². The van der Waals surface area contributed by atoms with Crippen LogP contribution in [0.4, 0.5) is 11.6 Å². The van der Waals surface area contributed by atoms with Crippen LogP contribution in [0.5, 0.6) is 0 Å². The molecule has 4 N–H and O–H groups in total. The summed E-state index contributed by atoms with van der Waals surface area (Å²) in [7, 11) is 0. The Morgan fingerprint density at radius 3 is 2.83 bits per heavy atom. The fourth-order valence-corrected chi connectivity index (χ4v) is 1.75. The molecule has 0 amide bonds. The van der Waals surface area contributed by atoms with E-state index >= 15 is 0 Å². The average Bonchev–Trinajstić information content (AvgIpc) is 2.80. The highest BCUT2D eigenvalue weighted by Crippen LogP contribution is 2.13. The van der Waals surface area contributed by atoms with Crippen LogP contribution in [0.1, 0.15) is 18.5 Å². The molecule has 0 saturated heterocycles. The normalized spacial score (nSPS) is 12.2. The van der Waals surface area contributed by atoms with Crippen LogP contribution in [0.15, 0.2) is 28.9 Å². The lowest BCUT2D eigenvalue weighted by atomic mass is 10.2. The second kappa shape index (κ2) is 5.50. The van der Waals surface area contributed by atoms with Crippen molar-refractivity contribution < 1.29 is 4.42 Å². The lowest BCUT2D eigenvalue weighted by Crippen LogP contribution is -2.19. The van der Waals surface area contributed by atoms with E-state index in [0.717, 1.165) is 18.0 Å². The number of nitrogens with two attached hydrogens (primary N) is 1. The summed E-state index contributed by atoms with van der Waals surface area (Å²) in [6.45, 7) is 3.89. The highest BCUT2D eigenvalue weighted by atomic mass is 16.3. The van der Waals surface area contributed by atoms with Crippen molar-refractivity contribution in [2.24, 2.45) is 5.84 Å². The standard InChI is InChI=1S/C12H17N5O/c1-8(6-10-4-3-5-18-10)14-11-7-12(17-13)16-9(2)15-11/h3-5,7-8H,6,13H2,1-2H3,(H2,14,15,16,17). The number of aryl methyl sites for hydroxylation is 1. The van der Waals surface area contributed by atoms with Crippen molar-refractivity contribution >= 4 is 11.6 Å². The van der Waals surface area contributed by atoms with E-state index in [2.05, 4.69) is 27.6 Å². The van der Waals surface area contributed by atoms with Gasteiger partial charge in [0.2, 0.25) is 0 Å². The molecule has 0 saturated carbocycles. The number of anilines is 2. The Labute approximate surface area is 106 Å². The van der Waals surface area contributed by atoms with Crippen LogP contribution in [-0.4, -0.2) is 16.0 Å². The zero-order valence-electron chi connectivity index (χ0n) is 10.5. The Balaban J connectivity index is 2.02. The summed E-state index contributed by atoms with van der Waals surface area (Å²) < 4.78 is 5.31. The first-order chi connectivity index (χ1) is 8.67. The maximum atomic E-state index is 5.35. The van der Waals surface area contributed by atoms with Gasteiger partial charge in [0.05, 0.1) is 6.26 Å². The van der Waals surface area contributed by atoms with E-state index in [1.165, 1.54) is 0 Å². The molecule has 0 aliphatic carbocycles. The fourth-order valence-electron chi connectivity index (χ4n) is 1.75. The molecule has 1 unspecified atom stereocenters. The van der Waals surface area contributed by atoms with Crippen molar-refractivity contribution in [3.8, 4) is 0 Å². The molecule has 0 spiro atoms. The highest BCUT2D eigenvalue weighted by Gasteiger charge is 2.08. The summed E-state index contributed by atoms with van der Waals surface area (Å²) in [5, 5.41) is 3.29. The van der Waals surface area contributed by atoms with Gasteiger partial charge in [-0.2, -0.15) is 0 Å². The minimum atomic E-state index is 0.205. The van der Waals surface area contributed by atoms with Crippen molar-refractivity contribution in [3.05, 3.63) is 36.0 Å². The molecular formula is C12H17N5O. The molecule has 2 rings (SSSR count). The smallest absolute Gasteiger partial charge is 0.145 e. The van der Waals surface area contributed by atoms with Crippen molar-refractivity contribution in [1.29, 1.82) is 0 Å². The van der Waals surface area contributed by atoms with E-state index in [1.807, 2.05) is 19.1 Å². The van der Waals surface area contributed by atoms with Gasteiger partial charge in [-0.15, -0.1) is 0 Å². The van der Waals surface area contributed by atoms with Crippen LogP contribution in [0.3, 0.4) is 0 Å². The maximum Gasteiger partial charge on any atom is 0.145 e. The second-order valence-electron chi connectivity index (χ2n) is 4.16. The van der Waals surface area contributed by atoms with E-state index in [-0.39, 0.29) is 6.04 Å². The first kappa shape index (κ1) is 12.4. The topological polar surface area (TPSA) is 89.0 Å². The quantitative estimate of drug-likeness (QED) is 0.550. The molecule has 0 aromatic carbocycles. The highest BCUT2D eigenvalue weighted by molar-refractivity contribution is 5.47. The molecule has 6 heteroatoms. The third kappa shape index (κ3) is 3.21. The van der Waals surface area contributed by atoms with Crippen LogP contribution in [0.25, 0.3) is 0 Å². The van der Waals surface area contributed by atoms with Crippen molar-refractivity contribution in [2.45, 2.75) is 26.3 Å². The van der Waals surface area contributed by atoms with Gasteiger partial charge in [0, 0.05) is 18.5 Å². The lowest BCUT2D eigenvalue weighted by Gasteiger charge is -2.14. The van der Waals surface area contributed by atoms with Crippen LogP contribution >= 0.6 is 0 Å². The number of rotatable bonds is 5. The molecule has 0 radical (unpaired) electrons. The van der Waals surface area contributed by atoms with Gasteiger partial charge in [-0.05, 0) is 26.0 Å². The van der Waals surface area contributed by atoms with E-state index in [0.29, 0.717) is 11.6 Å². The predicted octanol–water partition coefficient (Wildman–Crippen LogP) is 1.71. The second-order valence-corrected chi connectivity index (χ2v) is 4.16. The van der Waals surface area contributed by atoms with Crippen LogP contribution in [0, 0.1) is 6.92 Å². The summed E-state index contributed by atoms with van der Waals surface area (Å²) in [6, 6.07) is 5.81. The lowest BCUT2D eigenvalue weighted by molar-refractivity contribution is 0.497. The Bertz CT molecular complexity index is 497. The van der Waals surface area contributed by atoms with Crippen molar-refractivity contribution in [3.63, 3.8) is 0 Å². The molecule has 2 aromatic rings. The Hall–Kier alpha value is -2.08. The van der Waals surface area contributed by atoms with E-state index < -0.39 is 0 Å². The van der Waals surface area contributed by atoms with Gasteiger partial charge in [0.25, 0.3) is 0 Å². The molecule has 0 aliphatic heterocycles. The summed E-state index contributed by atoms with van der Waals surface area (Å²) in [6.07, 6.45) is 2.47. The number of aromatic nitrogens is 2. The number of nitrogen functional groups attached to an aromatic ring is 1. The minimum absolute atomic E-state index is 0.205. The Morgan fingerprint density at radius 1 is 1.39 bits per heavy atom. The average molecular weight is 247 g/mol. The molecule has 1 atom stereocenters. The predicted molar refractivity (Wildman–Crippen MR) is 70.1 cm³/mol. The van der Waals surface area contributed by atoms with E-state index in [9.17, 15) is 0 Å². The molecular weight excluding hydrogens is 230 g/mol. The van der Waals surface area contributed by atoms with Gasteiger partial charge in [0.1, 0.15) is 23.2 Å². The summed E-state index contributed by atoms with van der Waals surface area (Å²) in [4.78, 5) is 8.43. The molecule has 0 aliphatic rings. The zero-order chi connectivity index (χ0) is 13.0. The van der Waals surface area contributed by atoms with Gasteiger partial charge in [-0.3, -0.25) is 0 Å². The van der Waals surface area contributed by atoms with Crippen LogP contribution in [-0.2, 0) is 6.42 Å². The number of hydrogen-bond donors (Lipinski definition) is 3. The number of furan rings is 1. The van der Waals surface area contributed by atoms with E-state index in [4.69, 9.17) is 10.3 Å². The van der Waals surface area contributed by atoms with Gasteiger partial charge in [0.15, 0.2) is 0 Å². The van der Waals surface area contributed by atoms with Crippen molar-refractivity contribution in [2.75, 3.05) is 10.7 Å². The minimum Gasteiger partial charge on any atom is -0.469 e. The monoisotopic (exact) mass is 247 g/mol. The summed E-state index contributed by atoms with van der Waals surface area (Å²) in [5.74, 6) is 8.29. The van der Waals surface area contributed by atoms with Crippen LogP contribution in [0.2, 0.25) is 0 Å². The molecule has 0 bridgehead atoms. The number of nitrogens with zero attached hydrogens (tertiary/aromatic N) is 2. The number of hydrazine groups is 1. The van der Waals surface area contributed by atoms with Gasteiger partial charge in [-0.1, -0.05) is 0 Å². The zero-order valence-corrected chi connectivity index (χ0v) is 10.5. The van der Waals surface area contributed by atoms with Crippen LogP contribution < -0.4 is 16.6 Å². The molecule has 0 fully saturated rings. The number of hydrogen-bond acceptors (Lipinski definition) is 6. The van der Waals surface area contributed by atoms with Gasteiger partial charge >= 0.3 is 0 Å². The third-order valence-electron chi connectivity index (χ3n) is 2.47. The van der Waals surface area contributed by atoms with Gasteiger partial charge in [-0.25, -0.2) is 15.8 Å². The number of nitrogens with one attached hydrogen (secondary N) is 2. The van der Waals surface area contributed by atoms with Gasteiger partial charge < -0.3 is 15.2 Å². The first-order valence-corrected chi connectivity index (χ1v) is 5.78. The SMILES string of the molecule is Cc1nc(NN)cc(NC(C)Cc2ccco2)n1. The molecule has 6 nitrogen and oxygen atoms in total. The molecule has 2 heterocycles. The third-order valence-corrected chi connectivity index (χ3v) is 2.47. The summed E-state index contributed by atoms with van der Waals surface area (Å²) >= 11 is 0. The molecule has 96 valence electrons. The molecule has 2 aromatic heterocycles. The molecule has 18 heavy (non-hydrogen) atoms. The first-order valence-electron chi connectivity index (χ1n) is 5.78. The fraction of sp³-hybridized carbons (Fsp3) is 0.333. The Morgan fingerprint density at radius 2 is 2.17 bits per heavy atom. The Kier molecular flexibility index (Phi) is 3.78. The maximum absolute atomic E-state index is 5.35. The summed E-state index contributed by atoms with van der Waals surface area (Å²) in [5.41, 5.74) is 2.52. The van der Waals surface area contributed by atoms with E-state index in [1.54, 1.807) is 12.3 Å².